The van der Waals surface area contributed by atoms with E-state index >= 15 is 0 Å². The van der Waals surface area contributed by atoms with Gasteiger partial charge >= 0.3 is 0 Å². The summed E-state index contributed by atoms with van der Waals surface area (Å²) in [5.74, 6) is 0.273. The molecule has 1 N–H and O–H groups in total. The van der Waals surface area contributed by atoms with E-state index in [9.17, 15) is 4.39 Å². The van der Waals surface area contributed by atoms with E-state index in [2.05, 4.69) is 38.0 Å². The standard InChI is InChI=1S/C14H23FN2/c1-10(14(2,3)4)6-13(16-5)11-7-12(15)9-17-8-11/h7-10,13,16H,6H2,1-5H3. The van der Waals surface area contributed by atoms with E-state index in [1.54, 1.807) is 12.3 Å². The maximum absolute atomic E-state index is 13.1. The maximum atomic E-state index is 13.1. The van der Waals surface area contributed by atoms with Gasteiger partial charge in [0, 0.05) is 12.2 Å². The fourth-order valence-electron chi connectivity index (χ4n) is 1.75. The van der Waals surface area contributed by atoms with Crippen LogP contribution in [0.4, 0.5) is 4.39 Å². The molecule has 0 fully saturated rings. The predicted molar refractivity (Wildman–Crippen MR) is 69.2 cm³/mol. The zero-order valence-electron chi connectivity index (χ0n) is 11.4. The molecule has 1 aromatic heterocycles. The number of rotatable bonds is 4. The molecule has 0 aliphatic carbocycles. The van der Waals surface area contributed by atoms with Crippen molar-refractivity contribution in [1.29, 1.82) is 0 Å². The molecule has 0 aliphatic rings. The van der Waals surface area contributed by atoms with Crippen molar-refractivity contribution in [1.82, 2.24) is 10.3 Å². The minimum Gasteiger partial charge on any atom is -0.313 e. The van der Waals surface area contributed by atoms with Crippen LogP contribution in [0.3, 0.4) is 0 Å². The molecule has 0 saturated heterocycles. The fourth-order valence-corrected chi connectivity index (χ4v) is 1.75. The summed E-state index contributed by atoms with van der Waals surface area (Å²) in [4.78, 5) is 3.91. The first-order chi connectivity index (χ1) is 7.84. The fraction of sp³-hybridized carbons (Fsp3) is 0.643. The molecular formula is C14H23FN2. The monoisotopic (exact) mass is 238 g/mol. The van der Waals surface area contributed by atoms with Crippen LogP contribution in [0.15, 0.2) is 18.5 Å². The molecule has 3 heteroatoms. The average molecular weight is 238 g/mol. The lowest BCUT2D eigenvalue weighted by Gasteiger charge is -2.30. The molecule has 96 valence electrons. The van der Waals surface area contributed by atoms with Gasteiger partial charge in [-0.05, 0) is 36.4 Å². The van der Waals surface area contributed by atoms with Crippen LogP contribution in [0.2, 0.25) is 0 Å². The van der Waals surface area contributed by atoms with Crippen molar-refractivity contribution in [3.8, 4) is 0 Å². The zero-order valence-corrected chi connectivity index (χ0v) is 11.4. The quantitative estimate of drug-likeness (QED) is 0.867. The van der Waals surface area contributed by atoms with Crippen LogP contribution in [0.5, 0.6) is 0 Å². The molecule has 0 aromatic carbocycles. The minimum absolute atomic E-state index is 0.160. The molecular weight excluding hydrogens is 215 g/mol. The van der Waals surface area contributed by atoms with Gasteiger partial charge in [0.15, 0.2) is 0 Å². The van der Waals surface area contributed by atoms with E-state index in [4.69, 9.17) is 0 Å². The normalized spacial score (nSPS) is 15.6. The number of pyridine rings is 1. The first-order valence-electron chi connectivity index (χ1n) is 6.12. The van der Waals surface area contributed by atoms with Crippen LogP contribution >= 0.6 is 0 Å². The summed E-state index contributed by atoms with van der Waals surface area (Å²) in [5, 5.41) is 3.24. The van der Waals surface area contributed by atoms with Gasteiger partial charge in [-0.15, -0.1) is 0 Å². The summed E-state index contributed by atoms with van der Waals surface area (Å²) in [7, 11) is 1.91. The number of nitrogens with one attached hydrogen (secondary N) is 1. The molecule has 2 atom stereocenters. The van der Waals surface area contributed by atoms with Gasteiger partial charge in [-0.1, -0.05) is 27.7 Å². The van der Waals surface area contributed by atoms with Crippen LogP contribution in [-0.2, 0) is 0 Å². The van der Waals surface area contributed by atoms with Crippen molar-refractivity contribution in [2.24, 2.45) is 11.3 Å². The molecule has 1 rings (SSSR count). The van der Waals surface area contributed by atoms with E-state index in [1.165, 1.54) is 6.20 Å². The highest BCUT2D eigenvalue weighted by Crippen LogP contribution is 2.33. The first-order valence-corrected chi connectivity index (χ1v) is 6.12. The smallest absolute Gasteiger partial charge is 0.141 e. The molecule has 0 radical (unpaired) electrons. The van der Waals surface area contributed by atoms with E-state index in [0.29, 0.717) is 5.92 Å². The van der Waals surface area contributed by atoms with Gasteiger partial charge < -0.3 is 5.32 Å². The predicted octanol–water partition coefficient (Wildman–Crippen LogP) is 3.55. The summed E-state index contributed by atoms with van der Waals surface area (Å²) in [6.45, 7) is 8.92. The third-order valence-electron chi connectivity index (χ3n) is 3.54. The van der Waals surface area contributed by atoms with Gasteiger partial charge in [-0.3, -0.25) is 4.98 Å². The third kappa shape index (κ3) is 4.08. The van der Waals surface area contributed by atoms with Crippen LogP contribution in [-0.4, -0.2) is 12.0 Å². The Bertz CT molecular complexity index is 357. The van der Waals surface area contributed by atoms with Crippen LogP contribution in [0, 0.1) is 17.2 Å². The summed E-state index contributed by atoms with van der Waals surface area (Å²) < 4.78 is 13.1. The molecule has 0 spiro atoms. The lowest BCUT2D eigenvalue weighted by molar-refractivity contribution is 0.226. The minimum atomic E-state index is -0.272. The molecule has 0 amide bonds. The van der Waals surface area contributed by atoms with Gasteiger partial charge in [-0.25, -0.2) is 4.39 Å². The highest BCUT2D eigenvalue weighted by Gasteiger charge is 2.24. The Morgan fingerprint density at radius 3 is 2.47 bits per heavy atom. The molecule has 1 heterocycles. The van der Waals surface area contributed by atoms with Crippen molar-refractivity contribution in [2.45, 2.75) is 40.2 Å². The van der Waals surface area contributed by atoms with Crippen molar-refractivity contribution in [3.05, 3.63) is 29.8 Å². The maximum Gasteiger partial charge on any atom is 0.141 e. The second-order valence-electron chi connectivity index (χ2n) is 5.78. The summed E-state index contributed by atoms with van der Waals surface area (Å²) in [6.07, 6.45) is 3.95. The summed E-state index contributed by atoms with van der Waals surface area (Å²) in [5.41, 5.74) is 1.18. The molecule has 17 heavy (non-hydrogen) atoms. The van der Waals surface area contributed by atoms with Crippen LogP contribution in [0.1, 0.15) is 45.7 Å². The van der Waals surface area contributed by atoms with E-state index in [1.807, 2.05) is 7.05 Å². The second-order valence-corrected chi connectivity index (χ2v) is 5.78. The van der Waals surface area contributed by atoms with Gasteiger partial charge in [0.05, 0.1) is 6.20 Å². The molecule has 0 saturated carbocycles. The number of nitrogens with zero attached hydrogens (tertiary/aromatic N) is 1. The number of hydrogen-bond donors (Lipinski definition) is 1. The highest BCUT2D eigenvalue weighted by molar-refractivity contribution is 5.15. The topological polar surface area (TPSA) is 24.9 Å². The van der Waals surface area contributed by atoms with Crippen molar-refractivity contribution >= 4 is 0 Å². The van der Waals surface area contributed by atoms with Gasteiger partial charge in [0.2, 0.25) is 0 Å². The SMILES string of the molecule is CNC(CC(C)C(C)(C)C)c1cncc(F)c1. The van der Waals surface area contributed by atoms with E-state index in [-0.39, 0.29) is 17.3 Å². The Labute approximate surface area is 104 Å². The second kappa shape index (κ2) is 5.58. The zero-order chi connectivity index (χ0) is 13.1. The Hall–Kier alpha value is -0.960. The lowest BCUT2D eigenvalue weighted by Crippen LogP contribution is -2.25. The Balaban J connectivity index is 2.79. The van der Waals surface area contributed by atoms with Crippen molar-refractivity contribution < 1.29 is 4.39 Å². The molecule has 2 nitrogen and oxygen atoms in total. The summed E-state index contributed by atoms with van der Waals surface area (Å²) >= 11 is 0. The number of aromatic nitrogens is 1. The van der Waals surface area contributed by atoms with Crippen molar-refractivity contribution in [3.63, 3.8) is 0 Å². The van der Waals surface area contributed by atoms with Gasteiger partial charge in [0.25, 0.3) is 0 Å². The molecule has 0 bridgehead atoms. The Kier molecular flexibility index (Phi) is 4.63. The first kappa shape index (κ1) is 14.1. The summed E-state index contributed by atoms with van der Waals surface area (Å²) in [6, 6.07) is 1.72. The largest absolute Gasteiger partial charge is 0.313 e. The van der Waals surface area contributed by atoms with Gasteiger partial charge in [-0.2, -0.15) is 0 Å². The number of hydrogen-bond acceptors (Lipinski definition) is 2. The lowest BCUT2D eigenvalue weighted by atomic mass is 9.78. The number of halogens is 1. The van der Waals surface area contributed by atoms with Gasteiger partial charge in [0.1, 0.15) is 5.82 Å². The highest BCUT2D eigenvalue weighted by atomic mass is 19.1. The van der Waals surface area contributed by atoms with E-state index < -0.39 is 0 Å². The van der Waals surface area contributed by atoms with Crippen molar-refractivity contribution in [2.75, 3.05) is 7.05 Å². The molecule has 2 unspecified atom stereocenters. The Morgan fingerprint density at radius 2 is 2.00 bits per heavy atom. The molecule has 0 aliphatic heterocycles. The third-order valence-corrected chi connectivity index (χ3v) is 3.54. The van der Waals surface area contributed by atoms with Crippen LogP contribution in [0.25, 0.3) is 0 Å². The van der Waals surface area contributed by atoms with E-state index in [0.717, 1.165) is 12.0 Å². The molecule has 1 aromatic rings. The Morgan fingerprint density at radius 1 is 1.35 bits per heavy atom. The average Bonchev–Trinajstić information content (AvgIpc) is 2.24. The van der Waals surface area contributed by atoms with Crippen LogP contribution < -0.4 is 5.32 Å².